The second-order valence-electron chi connectivity index (χ2n) is 5.38. The number of hydrogen-bond donors (Lipinski definition) is 0. The summed E-state index contributed by atoms with van der Waals surface area (Å²) in [6, 6.07) is 5.53. The van der Waals surface area contributed by atoms with Gasteiger partial charge in [-0.05, 0) is 25.0 Å². The van der Waals surface area contributed by atoms with Gasteiger partial charge < -0.3 is 4.90 Å². The van der Waals surface area contributed by atoms with Crippen LogP contribution in [0.5, 0.6) is 0 Å². The summed E-state index contributed by atoms with van der Waals surface area (Å²) in [5.74, 6) is -0.401. The molecule has 0 spiro atoms. The lowest BCUT2D eigenvalue weighted by Crippen LogP contribution is -2.32. The summed E-state index contributed by atoms with van der Waals surface area (Å²) in [4.78, 5) is 36.1. The van der Waals surface area contributed by atoms with Crippen LogP contribution in [0.25, 0.3) is 0 Å². The molecule has 1 heterocycles. The summed E-state index contributed by atoms with van der Waals surface area (Å²) in [5, 5.41) is 10.6. The highest BCUT2D eigenvalue weighted by atomic mass is 16.6. The van der Waals surface area contributed by atoms with E-state index in [9.17, 15) is 19.7 Å². The lowest BCUT2D eigenvalue weighted by molar-refractivity contribution is -0.384. The topological polar surface area (TPSA) is 80.5 Å². The molecule has 1 unspecified atom stereocenters. The third-order valence-electron chi connectivity index (χ3n) is 3.85. The van der Waals surface area contributed by atoms with Gasteiger partial charge in [-0.3, -0.25) is 19.7 Å². The van der Waals surface area contributed by atoms with Crippen molar-refractivity contribution in [1.29, 1.82) is 0 Å². The predicted octanol–water partition coefficient (Wildman–Crippen LogP) is 2.43. The highest BCUT2D eigenvalue weighted by molar-refractivity contribution is 5.98. The first-order valence-corrected chi connectivity index (χ1v) is 7.01. The van der Waals surface area contributed by atoms with Crippen LogP contribution in [0, 0.1) is 16.0 Å². The highest BCUT2D eigenvalue weighted by Crippen LogP contribution is 2.22. The summed E-state index contributed by atoms with van der Waals surface area (Å²) in [6.07, 6.45) is 2.79. The zero-order chi connectivity index (χ0) is 15.4. The Morgan fingerprint density at radius 2 is 2.00 bits per heavy atom. The quantitative estimate of drug-likeness (QED) is 0.484. The number of carbonyl (C=O) groups excluding carboxylic acids is 2. The lowest BCUT2D eigenvalue weighted by Gasteiger charge is -2.19. The smallest absolute Gasteiger partial charge is 0.269 e. The molecule has 1 saturated heterocycles. The van der Waals surface area contributed by atoms with Gasteiger partial charge >= 0.3 is 0 Å². The van der Waals surface area contributed by atoms with E-state index in [1.54, 1.807) is 11.9 Å². The van der Waals surface area contributed by atoms with Gasteiger partial charge in [0.1, 0.15) is 0 Å². The minimum atomic E-state index is -0.502. The van der Waals surface area contributed by atoms with E-state index >= 15 is 0 Å². The standard InChI is InChI=1S/C15H18N2O4/c1-16-9-3-2-4-12(15(16)19)10-14(18)11-5-7-13(8-6-11)17(20)21/h5-8,12H,2-4,9-10H2,1H3. The summed E-state index contributed by atoms with van der Waals surface area (Å²) < 4.78 is 0. The zero-order valence-corrected chi connectivity index (χ0v) is 11.9. The molecule has 0 aromatic heterocycles. The summed E-state index contributed by atoms with van der Waals surface area (Å²) in [6.45, 7) is 0.737. The van der Waals surface area contributed by atoms with E-state index in [1.165, 1.54) is 24.3 Å². The Morgan fingerprint density at radius 3 is 2.62 bits per heavy atom. The van der Waals surface area contributed by atoms with Crippen molar-refractivity contribution in [2.45, 2.75) is 25.7 Å². The van der Waals surface area contributed by atoms with E-state index in [1.807, 2.05) is 0 Å². The molecule has 1 aliphatic heterocycles. The van der Waals surface area contributed by atoms with E-state index in [0.29, 0.717) is 5.56 Å². The lowest BCUT2D eigenvalue weighted by atomic mass is 9.93. The van der Waals surface area contributed by atoms with Crippen molar-refractivity contribution < 1.29 is 14.5 Å². The molecule has 0 radical (unpaired) electrons. The fourth-order valence-corrected chi connectivity index (χ4v) is 2.59. The predicted molar refractivity (Wildman–Crippen MR) is 77.0 cm³/mol. The number of nitrogens with zero attached hydrogens (tertiary/aromatic N) is 2. The van der Waals surface area contributed by atoms with Gasteiger partial charge in [-0.25, -0.2) is 0 Å². The first kappa shape index (κ1) is 15.2. The molecular weight excluding hydrogens is 272 g/mol. The van der Waals surface area contributed by atoms with Crippen molar-refractivity contribution in [3.05, 3.63) is 39.9 Å². The monoisotopic (exact) mass is 290 g/mol. The Morgan fingerprint density at radius 1 is 1.33 bits per heavy atom. The maximum absolute atomic E-state index is 12.2. The van der Waals surface area contributed by atoms with Crippen molar-refractivity contribution in [3.8, 4) is 0 Å². The van der Waals surface area contributed by atoms with Gasteiger partial charge in [0.2, 0.25) is 5.91 Å². The van der Waals surface area contributed by atoms with E-state index in [4.69, 9.17) is 0 Å². The van der Waals surface area contributed by atoms with E-state index < -0.39 is 4.92 Å². The maximum Gasteiger partial charge on any atom is 0.269 e. The Hall–Kier alpha value is -2.24. The van der Waals surface area contributed by atoms with Crippen molar-refractivity contribution in [1.82, 2.24) is 4.90 Å². The number of nitro benzene ring substituents is 1. The summed E-state index contributed by atoms with van der Waals surface area (Å²) in [5.41, 5.74) is 0.372. The Balaban J connectivity index is 2.06. The molecule has 0 saturated carbocycles. The van der Waals surface area contributed by atoms with Crippen LogP contribution in [0.2, 0.25) is 0 Å². The van der Waals surface area contributed by atoms with Crippen LogP contribution in [-0.4, -0.2) is 35.1 Å². The molecular formula is C15H18N2O4. The minimum Gasteiger partial charge on any atom is -0.346 e. The molecule has 1 atom stereocenters. The molecule has 6 nitrogen and oxygen atoms in total. The van der Waals surface area contributed by atoms with Gasteiger partial charge in [-0.1, -0.05) is 6.42 Å². The van der Waals surface area contributed by atoms with Crippen LogP contribution < -0.4 is 0 Å². The SMILES string of the molecule is CN1CCCCC(CC(=O)c2ccc([N+](=O)[O-])cc2)C1=O. The van der Waals surface area contributed by atoms with Gasteiger partial charge in [0.05, 0.1) is 4.92 Å². The van der Waals surface area contributed by atoms with Gasteiger partial charge in [-0.15, -0.1) is 0 Å². The molecule has 21 heavy (non-hydrogen) atoms. The number of hydrogen-bond acceptors (Lipinski definition) is 4. The molecule has 6 heteroatoms. The van der Waals surface area contributed by atoms with Crippen molar-refractivity contribution in [2.75, 3.05) is 13.6 Å². The molecule has 1 aliphatic rings. The summed E-state index contributed by atoms with van der Waals surface area (Å²) >= 11 is 0. The number of rotatable bonds is 4. The number of carbonyl (C=O) groups is 2. The van der Waals surface area contributed by atoms with Gasteiger partial charge in [0.15, 0.2) is 5.78 Å². The number of amides is 1. The third-order valence-corrected chi connectivity index (χ3v) is 3.85. The third kappa shape index (κ3) is 3.65. The number of benzene rings is 1. The second kappa shape index (κ2) is 6.47. The largest absolute Gasteiger partial charge is 0.346 e. The Labute approximate surface area is 122 Å². The Kier molecular flexibility index (Phi) is 4.67. The molecule has 1 aromatic rings. The van der Waals surface area contributed by atoms with E-state index in [-0.39, 0.29) is 29.7 Å². The van der Waals surface area contributed by atoms with Crippen molar-refractivity contribution >= 4 is 17.4 Å². The van der Waals surface area contributed by atoms with Crippen LogP contribution in [0.4, 0.5) is 5.69 Å². The number of Topliss-reactive ketones (excluding diaryl/α,β-unsaturated/α-hetero) is 1. The van der Waals surface area contributed by atoms with Crippen LogP contribution in [-0.2, 0) is 4.79 Å². The number of non-ortho nitro benzene ring substituents is 1. The van der Waals surface area contributed by atoms with Crippen LogP contribution >= 0.6 is 0 Å². The molecule has 112 valence electrons. The average molecular weight is 290 g/mol. The maximum atomic E-state index is 12.2. The van der Waals surface area contributed by atoms with Crippen LogP contribution in [0.1, 0.15) is 36.0 Å². The van der Waals surface area contributed by atoms with Crippen LogP contribution in [0.15, 0.2) is 24.3 Å². The number of nitro groups is 1. The Bertz CT molecular complexity index is 553. The van der Waals surface area contributed by atoms with E-state index in [0.717, 1.165) is 25.8 Å². The highest BCUT2D eigenvalue weighted by Gasteiger charge is 2.27. The molecule has 2 rings (SSSR count). The molecule has 1 fully saturated rings. The van der Waals surface area contributed by atoms with E-state index in [2.05, 4.69) is 0 Å². The molecule has 1 aromatic carbocycles. The van der Waals surface area contributed by atoms with Crippen molar-refractivity contribution in [3.63, 3.8) is 0 Å². The average Bonchev–Trinajstić information content (AvgIpc) is 2.63. The van der Waals surface area contributed by atoms with Crippen molar-refractivity contribution in [2.24, 2.45) is 5.92 Å². The van der Waals surface area contributed by atoms with Gasteiger partial charge in [-0.2, -0.15) is 0 Å². The van der Waals surface area contributed by atoms with Crippen LogP contribution in [0.3, 0.4) is 0 Å². The normalized spacial score (nSPS) is 19.2. The summed E-state index contributed by atoms with van der Waals surface area (Å²) in [7, 11) is 1.76. The molecule has 0 N–H and O–H groups in total. The molecule has 0 bridgehead atoms. The molecule has 1 amide bonds. The number of likely N-dealkylation sites (tertiary alicyclic amines) is 1. The second-order valence-corrected chi connectivity index (χ2v) is 5.38. The zero-order valence-electron chi connectivity index (χ0n) is 11.9. The first-order valence-electron chi connectivity index (χ1n) is 7.01. The molecule has 0 aliphatic carbocycles. The fourth-order valence-electron chi connectivity index (χ4n) is 2.59. The minimum absolute atomic E-state index is 0.0164. The van der Waals surface area contributed by atoms with Gasteiger partial charge in [0, 0.05) is 43.6 Å². The first-order chi connectivity index (χ1) is 9.99. The fraction of sp³-hybridized carbons (Fsp3) is 0.467. The number of ketones is 1. The van der Waals surface area contributed by atoms with Gasteiger partial charge in [0.25, 0.3) is 5.69 Å².